The Labute approximate surface area is 102 Å². The van der Waals surface area contributed by atoms with E-state index in [-0.39, 0.29) is 6.10 Å². The second kappa shape index (κ2) is 5.31. The molecule has 17 heavy (non-hydrogen) atoms. The summed E-state index contributed by atoms with van der Waals surface area (Å²) in [4.78, 5) is 8.37. The normalized spacial score (nSPS) is 23.0. The number of rotatable bonds is 5. The lowest BCUT2D eigenvalue weighted by Gasteiger charge is -2.34. The zero-order valence-corrected chi connectivity index (χ0v) is 10.6. The largest absolute Gasteiger partial charge is 0.481 e. The molecule has 1 aliphatic rings. The summed E-state index contributed by atoms with van der Waals surface area (Å²) in [7, 11) is 3.57. The monoisotopic (exact) mass is 237 g/mol. The van der Waals surface area contributed by atoms with E-state index in [0.717, 1.165) is 25.3 Å². The first-order chi connectivity index (χ1) is 8.21. The quantitative estimate of drug-likeness (QED) is 0.833. The van der Waals surface area contributed by atoms with Gasteiger partial charge in [-0.15, -0.1) is 0 Å². The van der Waals surface area contributed by atoms with Gasteiger partial charge in [0.15, 0.2) is 0 Å². The molecular formula is C12H19N3O2. The maximum atomic E-state index is 5.79. The lowest BCUT2D eigenvalue weighted by atomic mass is 9.82. The molecule has 0 spiro atoms. The molecule has 2 rings (SSSR count). The van der Waals surface area contributed by atoms with Gasteiger partial charge in [-0.2, -0.15) is 9.97 Å². The first-order valence-corrected chi connectivity index (χ1v) is 5.92. The van der Waals surface area contributed by atoms with E-state index in [1.54, 1.807) is 13.2 Å². The molecule has 0 radical (unpaired) electrons. The van der Waals surface area contributed by atoms with Gasteiger partial charge >= 0.3 is 0 Å². The fourth-order valence-corrected chi connectivity index (χ4v) is 2.08. The molecule has 94 valence electrons. The minimum Gasteiger partial charge on any atom is -0.481 e. The third kappa shape index (κ3) is 3.06. The number of hydrogen-bond acceptors (Lipinski definition) is 5. The highest BCUT2D eigenvalue weighted by atomic mass is 16.5. The van der Waals surface area contributed by atoms with Crippen LogP contribution in [-0.2, 0) is 0 Å². The van der Waals surface area contributed by atoms with E-state index in [1.807, 2.05) is 14.0 Å². The summed E-state index contributed by atoms with van der Waals surface area (Å²) in [6.45, 7) is 2.89. The summed E-state index contributed by atoms with van der Waals surface area (Å²) in [6.07, 6.45) is 2.46. The molecule has 1 heterocycles. The number of aryl methyl sites for hydroxylation is 1. The number of methoxy groups -OCH3 is 1. The maximum Gasteiger partial charge on any atom is 0.220 e. The molecule has 1 saturated carbocycles. The Morgan fingerprint density at radius 3 is 2.71 bits per heavy atom. The van der Waals surface area contributed by atoms with Gasteiger partial charge in [0.1, 0.15) is 11.9 Å². The second-order valence-electron chi connectivity index (χ2n) is 4.43. The molecule has 0 aromatic carbocycles. The van der Waals surface area contributed by atoms with Gasteiger partial charge in [0.2, 0.25) is 11.8 Å². The molecule has 1 aliphatic carbocycles. The van der Waals surface area contributed by atoms with Gasteiger partial charge in [0.25, 0.3) is 0 Å². The van der Waals surface area contributed by atoms with Crippen LogP contribution in [0.25, 0.3) is 0 Å². The Hall–Kier alpha value is -1.36. The lowest BCUT2D eigenvalue weighted by molar-refractivity contribution is 0.0611. The van der Waals surface area contributed by atoms with E-state index in [2.05, 4.69) is 15.3 Å². The van der Waals surface area contributed by atoms with E-state index in [9.17, 15) is 0 Å². The van der Waals surface area contributed by atoms with Crippen molar-refractivity contribution < 1.29 is 9.47 Å². The molecule has 1 aromatic heterocycles. The molecule has 1 fully saturated rings. The molecule has 0 unspecified atom stereocenters. The van der Waals surface area contributed by atoms with Crippen LogP contribution in [0.2, 0.25) is 0 Å². The van der Waals surface area contributed by atoms with Crippen molar-refractivity contribution >= 4 is 0 Å². The van der Waals surface area contributed by atoms with Crippen molar-refractivity contribution in [2.45, 2.75) is 25.9 Å². The highest BCUT2D eigenvalue weighted by Crippen LogP contribution is 2.30. The minimum atomic E-state index is 0.285. The average molecular weight is 237 g/mol. The molecule has 1 aromatic rings. The molecule has 0 amide bonds. The van der Waals surface area contributed by atoms with Crippen molar-refractivity contribution in [3.63, 3.8) is 0 Å². The molecule has 0 aliphatic heterocycles. The zero-order chi connectivity index (χ0) is 12.3. The van der Waals surface area contributed by atoms with Crippen molar-refractivity contribution in [3.05, 3.63) is 11.9 Å². The SMILES string of the molecule is CNCC1CC(Oc2cc(OC)nc(C)n2)C1. The highest BCUT2D eigenvalue weighted by molar-refractivity contribution is 5.21. The van der Waals surface area contributed by atoms with Crippen LogP contribution in [0.15, 0.2) is 6.07 Å². The Morgan fingerprint density at radius 1 is 1.35 bits per heavy atom. The van der Waals surface area contributed by atoms with Crippen LogP contribution in [0.3, 0.4) is 0 Å². The summed E-state index contributed by atoms with van der Waals surface area (Å²) in [5.74, 6) is 2.57. The van der Waals surface area contributed by atoms with Crippen molar-refractivity contribution in [2.75, 3.05) is 20.7 Å². The Bertz CT molecular complexity index is 378. The van der Waals surface area contributed by atoms with Crippen LogP contribution >= 0.6 is 0 Å². The topological polar surface area (TPSA) is 56.3 Å². The summed E-state index contributed by atoms with van der Waals surface area (Å²) < 4.78 is 10.9. The standard InChI is InChI=1S/C12H19N3O2/c1-8-14-11(16-3)6-12(15-8)17-10-4-9(5-10)7-13-2/h6,9-10,13H,4-5,7H2,1-3H3. The van der Waals surface area contributed by atoms with Gasteiger partial charge in [0, 0.05) is 0 Å². The van der Waals surface area contributed by atoms with Gasteiger partial charge in [-0.3, -0.25) is 0 Å². The average Bonchev–Trinajstić information content (AvgIpc) is 2.25. The van der Waals surface area contributed by atoms with E-state index in [4.69, 9.17) is 9.47 Å². The van der Waals surface area contributed by atoms with Gasteiger partial charge < -0.3 is 14.8 Å². The summed E-state index contributed by atoms with van der Waals surface area (Å²) in [6, 6.07) is 1.73. The van der Waals surface area contributed by atoms with Crippen LogP contribution < -0.4 is 14.8 Å². The number of hydrogen-bond donors (Lipinski definition) is 1. The van der Waals surface area contributed by atoms with Crippen LogP contribution in [0.4, 0.5) is 0 Å². The molecule has 0 bridgehead atoms. The highest BCUT2D eigenvalue weighted by Gasteiger charge is 2.30. The van der Waals surface area contributed by atoms with Gasteiger partial charge in [-0.1, -0.05) is 0 Å². The van der Waals surface area contributed by atoms with Crippen LogP contribution in [-0.4, -0.2) is 36.8 Å². The molecule has 1 N–H and O–H groups in total. The molecule has 5 nitrogen and oxygen atoms in total. The van der Waals surface area contributed by atoms with Crippen molar-refractivity contribution in [3.8, 4) is 11.8 Å². The summed E-state index contributed by atoms with van der Waals surface area (Å²) in [5.41, 5.74) is 0. The van der Waals surface area contributed by atoms with E-state index in [1.165, 1.54) is 0 Å². The van der Waals surface area contributed by atoms with Crippen LogP contribution in [0.5, 0.6) is 11.8 Å². The van der Waals surface area contributed by atoms with Crippen LogP contribution in [0.1, 0.15) is 18.7 Å². The van der Waals surface area contributed by atoms with Crippen molar-refractivity contribution in [1.29, 1.82) is 0 Å². The summed E-state index contributed by atoms with van der Waals surface area (Å²) >= 11 is 0. The first kappa shape index (κ1) is 12.1. The van der Waals surface area contributed by atoms with Crippen LogP contribution in [0, 0.1) is 12.8 Å². The van der Waals surface area contributed by atoms with E-state index < -0.39 is 0 Å². The first-order valence-electron chi connectivity index (χ1n) is 5.92. The van der Waals surface area contributed by atoms with E-state index in [0.29, 0.717) is 17.6 Å². The third-order valence-corrected chi connectivity index (χ3v) is 2.97. The van der Waals surface area contributed by atoms with Crippen molar-refractivity contribution in [2.24, 2.45) is 5.92 Å². The lowest BCUT2D eigenvalue weighted by Crippen LogP contribution is -2.38. The minimum absolute atomic E-state index is 0.285. The predicted molar refractivity (Wildman–Crippen MR) is 64.4 cm³/mol. The zero-order valence-electron chi connectivity index (χ0n) is 10.6. The van der Waals surface area contributed by atoms with Crippen molar-refractivity contribution in [1.82, 2.24) is 15.3 Å². The molecule has 5 heteroatoms. The summed E-state index contributed by atoms with van der Waals surface area (Å²) in [5, 5.41) is 3.18. The fraction of sp³-hybridized carbons (Fsp3) is 0.667. The number of ether oxygens (including phenoxy) is 2. The van der Waals surface area contributed by atoms with Gasteiger partial charge in [-0.05, 0) is 39.3 Å². The smallest absolute Gasteiger partial charge is 0.220 e. The fourth-order valence-electron chi connectivity index (χ4n) is 2.08. The number of nitrogens with zero attached hydrogens (tertiary/aromatic N) is 2. The Kier molecular flexibility index (Phi) is 3.78. The maximum absolute atomic E-state index is 5.79. The number of aromatic nitrogens is 2. The van der Waals surface area contributed by atoms with Gasteiger partial charge in [-0.25, -0.2) is 0 Å². The molecule has 0 saturated heterocycles. The number of nitrogens with one attached hydrogen (secondary N) is 1. The second-order valence-corrected chi connectivity index (χ2v) is 4.43. The van der Waals surface area contributed by atoms with E-state index >= 15 is 0 Å². The molecular weight excluding hydrogens is 218 g/mol. The Morgan fingerprint density at radius 2 is 2.06 bits per heavy atom. The Balaban J connectivity index is 1.89. The molecule has 0 atom stereocenters. The third-order valence-electron chi connectivity index (χ3n) is 2.97. The van der Waals surface area contributed by atoms with Gasteiger partial charge in [0.05, 0.1) is 13.2 Å². The predicted octanol–water partition coefficient (Wildman–Crippen LogP) is 1.17.